The van der Waals surface area contributed by atoms with Crippen molar-refractivity contribution >= 4 is 27.3 Å². The summed E-state index contributed by atoms with van der Waals surface area (Å²) in [6.07, 6.45) is 4.14. The highest BCUT2D eigenvalue weighted by molar-refractivity contribution is 7.19. The quantitative estimate of drug-likeness (QED) is 0.768. The summed E-state index contributed by atoms with van der Waals surface area (Å²) in [4.78, 5) is 18.0. The lowest BCUT2D eigenvalue weighted by Crippen LogP contribution is -2.34. The molecule has 0 radical (unpaired) electrons. The van der Waals surface area contributed by atoms with Crippen molar-refractivity contribution in [2.45, 2.75) is 32.2 Å². The van der Waals surface area contributed by atoms with Crippen LogP contribution in [0.25, 0.3) is 10.1 Å². The number of thiophene rings is 1. The zero-order valence-electron chi connectivity index (χ0n) is 16.0. The smallest absolute Gasteiger partial charge is 0.220 e. The van der Waals surface area contributed by atoms with Gasteiger partial charge in [-0.2, -0.15) is 0 Å². The molecule has 1 fully saturated rings. The number of likely N-dealkylation sites (N-methyl/N-ethyl adjacent to an activating group) is 1. The second kappa shape index (κ2) is 9.49. The molecule has 26 heavy (non-hydrogen) atoms. The van der Waals surface area contributed by atoms with Crippen LogP contribution in [0.5, 0.6) is 0 Å². The fourth-order valence-electron chi connectivity index (χ4n) is 3.61. The van der Waals surface area contributed by atoms with Gasteiger partial charge in [-0.25, -0.2) is 0 Å². The van der Waals surface area contributed by atoms with Gasteiger partial charge >= 0.3 is 0 Å². The highest BCUT2D eigenvalue weighted by atomic mass is 32.1. The Bertz CT molecular complexity index is 671. The number of likely N-dealkylation sites (tertiary alicyclic amines) is 1. The van der Waals surface area contributed by atoms with Gasteiger partial charge in [0.1, 0.15) is 0 Å². The standard InChI is InChI=1S/C21H31N3OS/c1-23(2)14-11-22-21(25)8-7-17-9-12-24(13-10-17)16-19-15-18-5-3-4-6-20(18)26-19/h3-6,15,17H,7-14,16H2,1-2H3,(H,22,25). The van der Waals surface area contributed by atoms with Crippen LogP contribution in [0.15, 0.2) is 30.3 Å². The molecule has 0 atom stereocenters. The zero-order chi connectivity index (χ0) is 18.4. The van der Waals surface area contributed by atoms with Crippen molar-refractivity contribution in [2.24, 2.45) is 5.92 Å². The summed E-state index contributed by atoms with van der Waals surface area (Å²) in [5, 5.41) is 4.38. The molecule has 142 valence electrons. The monoisotopic (exact) mass is 373 g/mol. The predicted molar refractivity (Wildman–Crippen MR) is 111 cm³/mol. The number of amides is 1. The third-order valence-corrected chi connectivity index (χ3v) is 6.32. The Morgan fingerprint density at radius 3 is 2.77 bits per heavy atom. The Morgan fingerprint density at radius 1 is 1.27 bits per heavy atom. The van der Waals surface area contributed by atoms with Crippen LogP contribution in [0.2, 0.25) is 0 Å². The van der Waals surface area contributed by atoms with Crippen LogP contribution in [-0.2, 0) is 11.3 Å². The number of hydrogen-bond acceptors (Lipinski definition) is 4. The first-order valence-electron chi connectivity index (χ1n) is 9.71. The van der Waals surface area contributed by atoms with Gasteiger partial charge in [0.15, 0.2) is 0 Å². The molecule has 4 nitrogen and oxygen atoms in total. The summed E-state index contributed by atoms with van der Waals surface area (Å²) in [7, 11) is 4.05. The molecule has 1 amide bonds. The van der Waals surface area contributed by atoms with Gasteiger partial charge in [0.2, 0.25) is 5.91 Å². The van der Waals surface area contributed by atoms with Gasteiger partial charge in [-0.15, -0.1) is 11.3 Å². The molecule has 3 rings (SSSR count). The number of hydrogen-bond donors (Lipinski definition) is 1. The lowest BCUT2D eigenvalue weighted by Gasteiger charge is -2.31. The van der Waals surface area contributed by atoms with Crippen molar-refractivity contribution in [1.29, 1.82) is 0 Å². The SMILES string of the molecule is CN(C)CCNC(=O)CCC1CCN(Cc2cc3ccccc3s2)CC1. The van der Waals surface area contributed by atoms with Crippen LogP contribution in [0.1, 0.15) is 30.6 Å². The highest BCUT2D eigenvalue weighted by Crippen LogP contribution is 2.28. The summed E-state index contributed by atoms with van der Waals surface area (Å²) in [6.45, 7) is 5.03. The molecule has 1 aliphatic rings. The molecule has 5 heteroatoms. The van der Waals surface area contributed by atoms with E-state index in [0.717, 1.165) is 39.1 Å². The fourth-order valence-corrected chi connectivity index (χ4v) is 4.72. The van der Waals surface area contributed by atoms with E-state index in [1.165, 1.54) is 27.8 Å². The van der Waals surface area contributed by atoms with Crippen LogP contribution in [0.3, 0.4) is 0 Å². The van der Waals surface area contributed by atoms with Crippen LogP contribution < -0.4 is 5.32 Å². The summed E-state index contributed by atoms with van der Waals surface area (Å²) >= 11 is 1.92. The number of benzene rings is 1. The maximum Gasteiger partial charge on any atom is 0.220 e. The molecule has 1 N–H and O–H groups in total. The van der Waals surface area contributed by atoms with Gasteiger partial charge in [0.05, 0.1) is 0 Å². The first kappa shape index (κ1) is 19.3. The van der Waals surface area contributed by atoms with Crippen LogP contribution in [-0.4, -0.2) is 56.0 Å². The molecule has 1 aromatic heterocycles. The Kier molecular flexibility index (Phi) is 7.06. The van der Waals surface area contributed by atoms with Crippen LogP contribution in [0.4, 0.5) is 0 Å². The van der Waals surface area contributed by atoms with Gasteiger partial charge in [0.25, 0.3) is 0 Å². The summed E-state index contributed by atoms with van der Waals surface area (Å²) in [5.74, 6) is 0.910. The molecule has 2 heterocycles. The normalized spacial score (nSPS) is 16.4. The lowest BCUT2D eigenvalue weighted by atomic mass is 9.92. The van der Waals surface area contributed by atoms with E-state index in [2.05, 4.69) is 45.4 Å². The van der Waals surface area contributed by atoms with Crippen molar-refractivity contribution < 1.29 is 4.79 Å². The topological polar surface area (TPSA) is 35.6 Å². The molecule has 2 aromatic rings. The minimum atomic E-state index is 0.208. The predicted octanol–water partition coefficient (Wildman–Crippen LogP) is 3.57. The molecule has 0 saturated carbocycles. The first-order chi connectivity index (χ1) is 12.6. The van der Waals surface area contributed by atoms with E-state index in [4.69, 9.17) is 0 Å². The van der Waals surface area contributed by atoms with E-state index in [9.17, 15) is 4.79 Å². The van der Waals surface area contributed by atoms with Crippen molar-refractivity contribution in [2.75, 3.05) is 40.3 Å². The van der Waals surface area contributed by atoms with E-state index in [1.807, 2.05) is 25.4 Å². The van der Waals surface area contributed by atoms with E-state index in [-0.39, 0.29) is 5.91 Å². The third kappa shape index (κ3) is 5.79. The molecule has 1 aromatic carbocycles. The second-order valence-electron chi connectivity index (χ2n) is 7.66. The van der Waals surface area contributed by atoms with E-state index in [1.54, 1.807) is 0 Å². The molecule has 0 unspecified atom stereocenters. The third-order valence-electron chi connectivity index (χ3n) is 5.22. The lowest BCUT2D eigenvalue weighted by molar-refractivity contribution is -0.121. The van der Waals surface area contributed by atoms with Crippen LogP contribution in [0, 0.1) is 5.92 Å². The van der Waals surface area contributed by atoms with E-state index in [0.29, 0.717) is 12.3 Å². The molecule has 1 saturated heterocycles. The molecule has 0 bridgehead atoms. The van der Waals surface area contributed by atoms with Gasteiger partial charge < -0.3 is 10.2 Å². The highest BCUT2D eigenvalue weighted by Gasteiger charge is 2.20. The number of fused-ring (bicyclic) bond motifs is 1. The van der Waals surface area contributed by atoms with E-state index < -0.39 is 0 Å². The minimum Gasteiger partial charge on any atom is -0.355 e. The van der Waals surface area contributed by atoms with Crippen molar-refractivity contribution in [3.8, 4) is 0 Å². The summed E-state index contributed by atoms with van der Waals surface area (Å²) < 4.78 is 1.39. The van der Waals surface area contributed by atoms with Crippen molar-refractivity contribution in [3.63, 3.8) is 0 Å². The average Bonchev–Trinajstić information content (AvgIpc) is 3.03. The molecule has 1 aliphatic heterocycles. The van der Waals surface area contributed by atoms with Gasteiger partial charge in [-0.3, -0.25) is 9.69 Å². The Morgan fingerprint density at radius 2 is 2.04 bits per heavy atom. The number of nitrogens with zero attached hydrogens (tertiary/aromatic N) is 2. The second-order valence-corrected chi connectivity index (χ2v) is 8.83. The molecular weight excluding hydrogens is 342 g/mol. The largest absolute Gasteiger partial charge is 0.355 e. The maximum absolute atomic E-state index is 11.9. The van der Waals surface area contributed by atoms with Crippen molar-refractivity contribution in [1.82, 2.24) is 15.1 Å². The number of piperidine rings is 1. The number of carbonyl (C=O) groups excluding carboxylic acids is 1. The van der Waals surface area contributed by atoms with Crippen molar-refractivity contribution in [3.05, 3.63) is 35.2 Å². The number of nitrogens with one attached hydrogen (secondary N) is 1. The van der Waals surface area contributed by atoms with Gasteiger partial charge in [-0.1, -0.05) is 18.2 Å². The molecular formula is C21H31N3OS. The summed E-state index contributed by atoms with van der Waals surface area (Å²) in [6, 6.07) is 11.0. The van der Waals surface area contributed by atoms with E-state index >= 15 is 0 Å². The molecule has 0 aliphatic carbocycles. The maximum atomic E-state index is 11.9. The fraction of sp³-hybridized carbons (Fsp3) is 0.571. The Hall–Kier alpha value is -1.43. The Balaban J connectivity index is 1.35. The average molecular weight is 374 g/mol. The first-order valence-corrected chi connectivity index (χ1v) is 10.5. The van der Waals surface area contributed by atoms with Crippen LogP contribution >= 0.6 is 11.3 Å². The van der Waals surface area contributed by atoms with Gasteiger partial charge in [-0.05, 0) is 69.9 Å². The number of carbonyl (C=O) groups is 1. The molecule has 0 spiro atoms. The minimum absolute atomic E-state index is 0.208. The van der Waals surface area contributed by atoms with Gasteiger partial charge in [0, 0.05) is 35.6 Å². The number of rotatable bonds is 8. The summed E-state index contributed by atoms with van der Waals surface area (Å²) in [5.41, 5.74) is 0. The zero-order valence-corrected chi connectivity index (χ0v) is 16.9. The Labute approximate surface area is 161 Å².